The summed E-state index contributed by atoms with van der Waals surface area (Å²) in [6, 6.07) is 18.3. The van der Waals surface area contributed by atoms with Crippen molar-refractivity contribution in [3.05, 3.63) is 60.2 Å². The Morgan fingerprint density at radius 3 is 1.95 bits per heavy atom. The van der Waals surface area contributed by atoms with Crippen LogP contribution >= 0.6 is 0 Å². The molecule has 1 heteroatoms. The van der Waals surface area contributed by atoms with E-state index in [1.807, 2.05) is 42.5 Å². The van der Waals surface area contributed by atoms with Gasteiger partial charge in [-0.25, -0.2) is 0 Å². The Kier molecular flexibility index (Phi) is 4.26. The van der Waals surface area contributed by atoms with Crippen LogP contribution in [0, 0.1) is 5.41 Å². The molecule has 0 bridgehead atoms. The molecule has 0 aromatic heterocycles. The molecule has 1 nitrogen and oxygen atoms in total. The molecule has 0 fully saturated rings. The van der Waals surface area contributed by atoms with Gasteiger partial charge < -0.3 is 4.74 Å². The molecule has 0 aliphatic carbocycles. The number of rotatable bonds is 4. The molecule has 0 saturated heterocycles. The van der Waals surface area contributed by atoms with E-state index < -0.39 is 0 Å². The van der Waals surface area contributed by atoms with Gasteiger partial charge in [0.1, 0.15) is 11.5 Å². The summed E-state index contributed by atoms with van der Waals surface area (Å²) < 4.78 is 5.78. The largest absolute Gasteiger partial charge is 0.457 e. The van der Waals surface area contributed by atoms with Gasteiger partial charge in [-0.2, -0.15) is 0 Å². The van der Waals surface area contributed by atoms with E-state index in [9.17, 15) is 0 Å². The summed E-state index contributed by atoms with van der Waals surface area (Å²) in [5.41, 5.74) is 1.76. The van der Waals surface area contributed by atoms with Crippen molar-refractivity contribution in [2.45, 2.75) is 33.6 Å². The molecular formula is C18H22O. The second kappa shape index (κ2) is 5.92. The molecule has 2 rings (SSSR count). The summed E-state index contributed by atoms with van der Waals surface area (Å²) in [6.45, 7) is 6.83. The van der Waals surface area contributed by atoms with Crippen molar-refractivity contribution in [2.75, 3.05) is 0 Å². The lowest BCUT2D eigenvalue weighted by Crippen LogP contribution is -2.06. The molecule has 0 radical (unpaired) electrons. The third kappa shape index (κ3) is 4.78. The summed E-state index contributed by atoms with van der Waals surface area (Å²) in [5, 5.41) is 0. The molecule has 0 heterocycles. The van der Waals surface area contributed by atoms with Crippen LogP contribution in [0.1, 0.15) is 32.8 Å². The fraction of sp³-hybridized carbons (Fsp3) is 0.333. The molecule has 0 N–H and O–H groups in total. The molecule has 0 aliphatic heterocycles. The van der Waals surface area contributed by atoms with Gasteiger partial charge in [0.15, 0.2) is 0 Å². The number of hydrogen-bond donors (Lipinski definition) is 0. The van der Waals surface area contributed by atoms with Gasteiger partial charge in [-0.05, 0) is 48.1 Å². The monoisotopic (exact) mass is 254 g/mol. The van der Waals surface area contributed by atoms with E-state index in [1.54, 1.807) is 0 Å². The maximum absolute atomic E-state index is 5.78. The Labute approximate surface area is 116 Å². The highest BCUT2D eigenvalue weighted by Gasteiger charge is 2.09. The van der Waals surface area contributed by atoms with Crippen molar-refractivity contribution < 1.29 is 4.74 Å². The zero-order valence-corrected chi connectivity index (χ0v) is 12.0. The number of para-hydroxylation sites is 1. The zero-order valence-electron chi connectivity index (χ0n) is 12.0. The number of aryl methyl sites for hydroxylation is 1. The molecule has 0 amide bonds. The molecule has 0 unspecified atom stereocenters. The highest BCUT2D eigenvalue weighted by molar-refractivity contribution is 5.32. The SMILES string of the molecule is CC(C)(C)CCc1ccc(Oc2ccccc2)cc1. The van der Waals surface area contributed by atoms with E-state index in [-0.39, 0.29) is 0 Å². The molecule has 0 spiro atoms. The van der Waals surface area contributed by atoms with Crippen molar-refractivity contribution in [1.29, 1.82) is 0 Å². The van der Waals surface area contributed by atoms with Crippen LogP contribution in [0.2, 0.25) is 0 Å². The second-order valence-corrected chi connectivity index (χ2v) is 6.12. The molecule has 2 aromatic carbocycles. The molecule has 0 atom stereocenters. The van der Waals surface area contributed by atoms with E-state index in [1.165, 1.54) is 12.0 Å². The summed E-state index contributed by atoms with van der Waals surface area (Å²) in [6.07, 6.45) is 2.32. The average molecular weight is 254 g/mol. The van der Waals surface area contributed by atoms with Gasteiger partial charge in [-0.3, -0.25) is 0 Å². The second-order valence-electron chi connectivity index (χ2n) is 6.12. The highest BCUT2D eigenvalue weighted by Crippen LogP contribution is 2.24. The van der Waals surface area contributed by atoms with Gasteiger partial charge in [0, 0.05) is 0 Å². The third-order valence-electron chi connectivity index (χ3n) is 3.07. The predicted molar refractivity (Wildman–Crippen MR) is 80.7 cm³/mol. The van der Waals surface area contributed by atoms with Gasteiger partial charge in [0.2, 0.25) is 0 Å². The maximum atomic E-state index is 5.78. The first kappa shape index (κ1) is 13.7. The van der Waals surface area contributed by atoms with Gasteiger partial charge >= 0.3 is 0 Å². The quantitative estimate of drug-likeness (QED) is 0.704. The zero-order chi connectivity index (χ0) is 13.7. The van der Waals surface area contributed by atoms with Crippen LogP contribution < -0.4 is 4.74 Å². The van der Waals surface area contributed by atoms with Crippen LogP contribution in [0.3, 0.4) is 0 Å². The fourth-order valence-electron chi connectivity index (χ4n) is 1.87. The Morgan fingerprint density at radius 2 is 1.37 bits per heavy atom. The first-order valence-electron chi connectivity index (χ1n) is 6.85. The number of benzene rings is 2. The van der Waals surface area contributed by atoms with Crippen molar-refractivity contribution in [3.63, 3.8) is 0 Å². The van der Waals surface area contributed by atoms with Crippen molar-refractivity contribution in [1.82, 2.24) is 0 Å². The maximum Gasteiger partial charge on any atom is 0.127 e. The number of ether oxygens (including phenoxy) is 1. The Balaban J connectivity index is 1.95. The summed E-state index contributed by atoms with van der Waals surface area (Å²) in [5.74, 6) is 1.77. The van der Waals surface area contributed by atoms with Crippen LogP contribution in [0.4, 0.5) is 0 Å². The minimum Gasteiger partial charge on any atom is -0.457 e. The summed E-state index contributed by atoms with van der Waals surface area (Å²) >= 11 is 0. The Bertz CT molecular complexity index is 491. The van der Waals surface area contributed by atoms with E-state index in [4.69, 9.17) is 4.74 Å². The molecule has 2 aromatic rings. The molecular weight excluding hydrogens is 232 g/mol. The van der Waals surface area contributed by atoms with E-state index in [0.717, 1.165) is 17.9 Å². The lowest BCUT2D eigenvalue weighted by Gasteiger charge is -2.17. The summed E-state index contributed by atoms with van der Waals surface area (Å²) in [7, 11) is 0. The topological polar surface area (TPSA) is 9.23 Å². The normalized spacial score (nSPS) is 11.3. The average Bonchev–Trinajstić information content (AvgIpc) is 2.38. The van der Waals surface area contributed by atoms with Crippen LogP contribution in [-0.4, -0.2) is 0 Å². The Morgan fingerprint density at radius 1 is 0.789 bits per heavy atom. The van der Waals surface area contributed by atoms with Crippen LogP contribution in [0.15, 0.2) is 54.6 Å². The molecule has 19 heavy (non-hydrogen) atoms. The number of hydrogen-bond acceptors (Lipinski definition) is 1. The highest BCUT2D eigenvalue weighted by atomic mass is 16.5. The Hall–Kier alpha value is -1.76. The molecule has 100 valence electrons. The van der Waals surface area contributed by atoms with Crippen LogP contribution in [0.25, 0.3) is 0 Å². The van der Waals surface area contributed by atoms with E-state index >= 15 is 0 Å². The third-order valence-corrected chi connectivity index (χ3v) is 3.07. The lowest BCUT2D eigenvalue weighted by molar-refractivity contribution is 0.378. The van der Waals surface area contributed by atoms with Crippen LogP contribution in [-0.2, 0) is 6.42 Å². The van der Waals surface area contributed by atoms with Gasteiger partial charge in [0.05, 0.1) is 0 Å². The van der Waals surface area contributed by atoms with Gasteiger partial charge in [0.25, 0.3) is 0 Å². The first-order chi connectivity index (χ1) is 9.03. The predicted octanol–water partition coefficient (Wildman–Crippen LogP) is 5.46. The standard InChI is InChI=1S/C18H22O/c1-18(2,3)14-13-15-9-11-17(12-10-15)19-16-7-5-4-6-8-16/h4-12H,13-14H2,1-3H3. The first-order valence-corrected chi connectivity index (χ1v) is 6.85. The lowest BCUT2D eigenvalue weighted by atomic mass is 9.89. The van der Waals surface area contributed by atoms with Crippen molar-refractivity contribution in [3.8, 4) is 11.5 Å². The van der Waals surface area contributed by atoms with Crippen molar-refractivity contribution in [2.24, 2.45) is 5.41 Å². The fourth-order valence-corrected chi connectivity index (χ4v) is 1.87. The summed E-state index contributed by atoms with van der Waals surface area (Å²) in [4.78, 5) is 0. The van der Waals surface area contributed by atoms with Crippen molar-refractivity contribution >= 4 is 0 Å². The van der Waals surface area contributed by atoms with E-state index in [0.29, 0.717) is 5.41 Å². The minimum atomic E-state index is 0.388. The molecule has 0 aliphatic rings. The van der Waals surface area contributed by atoms with Gasteiger partial charge in [-0.15, -0.1) is 0 Å². The molecule has 0 saturated carbocycles. The van der Waals surface area contributed by atoms with Gasteiger partial charge in [-0.1, -0.05) is 51.1 Å². The minimum absolute atomic E-state index is 0.388. The van der Waals surface area contributed by atoms with E-state index in [2.05, 4.69) is 32.9 Å². The van der Waals surface area contributed by atoms with Crippen LogP contribution in [0.5, 0.6) is 11.5 Å². The smallest absolute Gasteiger partial charge is 0.127 e.